The zero-order valence-electron chi connectivity index (χ0n) is 13.9. The molecule has 6 heteroatoms. The molecule has 0 fully saturated rings. The third-order valence-electron chi connectivity index (χ3n) is 1.51. The van der Waals surface area contributed by atoms with Gasteiger partial charge < -0.3 is 28.8 Å². The Balaban J connectivity index is -0.0000000648. The van der Waals surface area contributed by atoms with E-state index in [1.165, 1.54) is 5.92 Å². The molecule has 2 nitrogen and oxygen atoms in total. The van der Waals surface area contributed by atoms with Crippen molar-refractivity contribution in [3.05, 3.63) is 66.6 Å². The van der Waals surface area contributed by atoms with Crippen LogP contribution in [0.15, 0.2) is 60.7 Å². The summed E-state index contributed by atoms with van der Waals surface area (Å²) < 4.78 is 0. The van der Waals surface area contributed by atoms with Gasteiger partial charge in [0, 0.05) is 0 Å². The van der Waals surface area contributed by atoms with Gasteiger partial charge in [-0.1, -0.05) is 36.4 Å². The van der Waals surface area contributed by atoms with E-state index in [-0.39, 0.29) is 46.5 Å². The number of rotatable bonds is 0. The molecule has 2 aromatic rings. The Morgan fingerprint density at radius 2 is 0.826 bits per heavy atom. The fourth-order valence-electron chi connectivity index (χ4n) is 0.856. The molecule has 23 heavy (non-hydrogen) atoms. The summed E-state index contributed by atoms with van der Waals surface area (Å²) in [6, 6.07) is 17.4. The van der Waals surface area contributed by atoms with E-state index >= 15 is 0 Å². The van der Waals surface area contributed by atoms with Crippen molar-refractivity contribution in [3.8, 4) is 11.5 Å². The Hall–Kier alpha value is -0.316. The van der Waals surface area contributed by atoms with Crippen molar-refractivity contribution in [3.63, 3.8) is 0 Å². The molecule has 0 aliphatic rings. The van der Waals surface area contributed by atoms with Crippen molar-refractivity contribution >= 4 is 37.4 Å². The molecule has 0 atom stereocenters. The first-order chi connectivity index (χ1) is 9.52. The van der Waals surface area contributed by atoms with E-state index in [1.54, 1.807) is 54.8 Å². The van der Waals surface area contributed by atoms with Gasteiger partial charge in [-0.2, -0.15) is 27.0 Å². The maximum absolute atomic E-state index is 8.63. The number of phenols is 2. The summed E-state index contributed by atoms with van der Waals surface area (Å²) in [6.45, 7) is 6.25. The van der Waals surface area contributed by atoms with E-state index in [2.05, 4.69) is 33.4 Å². The normalized spacial score (nSPS) is 7.04. The van der Waals surface area contributed by atoms with Crippen molar-refractivity contribution in [1.29, 1.82) is 0 Å². The van der Waals surface area contributed by atoms with E-state index in [1.807, 2.05) is 12.1 Å². The van der Waals surface area contributed by atoms with Gasteiger partial charge in [0.15, 0.2) is 0 Å². The molecule has 0 spiro atoms. The van der Waals surface area contributed by atoms with Crippen LogP contribution in [0.1, 0.15) is 20.8 Å². The Bertz CT molecular complexity index is 364. The minimum absolute atomic E-state index is 0. The molecule has 0 radical (unpaired) electrons. The van der Waals surface area contributed by atoms with Gasteiger partial charge in [0.2, 0.25) is 0 Å². The molecule has 0 heterocycles. The Labute approximate surface area is 173 Å². The predicted molar refractivity (Wildman–Crippen MR) is 104 cm³/mol. The minimum Gasteiger partial charge on any atom is -0.796 e. The average molecular weight is 413 g/mol. The zero-order chi connectivity index (χ0) is 15.8. The Kier molecular flexibility index (Phi) is 39.4. The first kappa shape index (κ1) is 34.1. The second-order valence-corrected chi connectivity index (χ2v) is 4.17. The maximum atomic E-state index is 8.63. The average Bonchev–Trinajstić information content (AvgIpc) is 2.43. The molecule has 0 amide bonds. The molecule has 0 saturated heterocycles. The van der Waals surface area contributed by atoms with Crippen LogP contribution in [-0.2, 0) is 34.3 Å². The van der Waals surface area contributed by atoms with Crippen molar-refractivity contribution in [2.24, 2.45) is 0 Å². The number of hydrogen-bond acceptors (Lipinski definition) is 3. The number of para-hydroxylation sites is 2. The molecule has 0 unspecified atom stereocenters. The standard InChI is InChI=1S/2C6H6O.C4H9.CH4S.2ClH.Ti/c2*7-6-4-2-1-3-5-6;1-4(2)3;1-2;;;/h2*1-5,7H;1-3H3;2H,1H3;2*1H;/q;;-1;;;;+2/p-1. The fraction of sp³-hybridized carbons (Fsp3) is 0.235. The summed E-state index contributed by atoms with van der Waals surface area (Å²) in [5.74, 6) is 2.06. The van der Waals surface area contributed by atoms with Gasteiger partial charge >= 0.3 is 21.7 Å². The van der Waals surface area contributed by atoms with Crippen LogP contribution in [0.5, 0.6) is 11.5 Å². The molecule has 0 saturated carbocycles. The second-order valence-electron chi connectivity index (χ2n) is 4.17. The molecule has 130 valence electrons. The first-order valence-corrected chi connectivity index (χ1v) is 6.99. The van der Waals surface area contributed by atoms with E-state index in [0.29, 0.717) is 11.5 Å². The van der Waals surface area contributed by atoms with Crippen LogP contribution in [0.4, 0.5) is 0 Å². The smallest absolute Gasteiger partial charge is 0.796 e. The van der Waals surface area contributed by atoms with E-state index < -0.39 is 0 Å². The molecule has 0 aromatic heterocycles. The van der Waals surface area contributed by atoms with E-state index in [4.69, 9.17) is 10.2 Å². The third-order valence-corrected chi connectivity index (χ3v) is 1.51. The molecule has 2 aromatic carbocycles. The van der Waals surface area contributed by atoms with Crippen LogP contribution in [0, 0.1) is 5.92 Å². The Morgan fingerprint density at radius 3 is 0.913 bits per heavy atom. The predicted octanol–water partition coefficient (Wildman–Crippen LogP) is 5.41. The molecule has 0 aliphatic heterocycles. The maximum Gasteiger partial charge on any atom is 2.00 e. The SMILES string of the molecule is C[C-](C)C.C[S-].Cl.Cl.Oc1ccccc1.Oc1ccccc1.[Ti+2]. The zero-order valence-corrected chi connectivity index (χ0v) is 17.9. The largest absolute Gasteiger partial charge is 2.00 e. The van der Waals surface area contributed by atoms with Gasteiger partial charge in [0.05, 0.1) is 0 Å². The molecule has 2 rings (SSSR count). The summed E-state index contributed by atoms with van der Waals surface area (Å²) in [5.41, 5.74) is 0. The summed E-state index contributed by atoms with van der Waals surface area (Å²) in [6.07, 6.45) is 1.58. The monoisotopic (exact) mass is 412 g/mol. The summed E-state index contributed by atoms with van der Waals surface area (Å²) in [4.78, 5) is 0. The number of phenolic OH excluding ortho intramolecular Hbond substituents is 2. The van der Waals surface area contributed by atoms with Gasteiger partial charge in [-0.25, -0.2) is 0 Å². The fourth-order valence-corrected chi connectivity index (χ4v) is 0.856. The van der Waals surface area contributed by atoms with Gasteiger partial charge in [-0.15, -0.1) is 24.8 Å². The molecule has 0 aliphatic carbocycles. The van der Waals surface area contributed by atoms with E-state index in [0.717, 1.165) is 0 Å². The van der Waals surface area contributed by atoms with Gasteiger partial charge in [-0.05, 0) is 24.3 Å². The van der Waals surface area contributed by atoms with Crippen LogP contribution in [0.2, 0.25) is 0 Å². The quantitative estimate of drug-likeness (QED) is 0.345. The number of hydrogen-bond donors (Lipinski definition) is 2. The first-order valence-electron chi connectivity index (χ1n) is 6.18. The number of halogens is 2. The molecular weight excluding hydrogens is 387 g/mol. The van der Waals surface area contributed by atoms with Crippen LogP contribution in [0.25, 0.3) is 0 Å². The molecule has 2 N–H and O–H groups in total. The van der Waals surface area contributed by atoms with E-state index in [9.17, 15) is 0 Å². The van der Waals surface area contributed by atoms with Crippen LogP contribution >= 0.6 is 24.8 Å². The van der Waals surface area contributed by atoms with Gasteiger partial charge in [0.25, 0.3) is 0 Å². The van der Waals surface area contributed by atoms with Gasteiger partial charge in [-0.3, -0.25) is 0 Å². The van der Waals surface area contributed by atoms with Crippen LogP contribution < -0.4 is 0 Å². The van der Waals surface area contributed by atoms with Crippen molar-refractivity contribution in [2.75, 3.05) is 6.26 Å². The molecular formula is C17H26Cl2O2STi. The minimum atomic E-state index is 0. The van der Waals surface area contributed by atoms with Crippen molar-refractivity contribution in [2.45, 2.75) is 20.8 Å². The summed E-state index contributed by atoms with van der Waals surface area (Å²) >= 11 is 4.08. The van der Waals surface area contributed by atoms with Gasteiger partial charge in [0.1, 0.15) is 11.5 Å². The summed E-state index contributed by atoms with van der Waals surface area (Å²) in [5, 5.41) is 17.3. The Morgan fingerprint density at radius 1 is 0.652 bits per heavy atom. The third kappa shape index (κ3) is 34.2. The summed E-state index contributed by atoms with van der Waals surface area (Å²) in [7, 11) is 0. The van der Waals surface area contributed by atoms with Crippen molar-refractivity contribution < 1.29 is 31.9 Å². The van der Waals surface area contributed by atoms with Crippen LogP contribution in [0.3, 0.4) is 0 Å². The number of aromatic hydroxyl groups is 2. The second kappa shape index (κ2) is 26.6. The molecule has 0 bridgehead atoms. The topological polar surface area (TPSA) is 40.5 Å². The van der Waals surface area contributed by atoms with Crippen molar-refractivity contribution in [1.82, 2.24) is 0 Å². The van der Waals surface area contributed by atoms with Crippen LogP contribution in [-0.4, -0.2) is 16.5 Å². The number of benzene rings is 2.